The van der Waals surface area contributed by atoms with Crippen molar-refractivity contribution < 1.29 is 4.79 Å². The minimum absolute atomic E-state index is 0.0570. The van der Waals surface area contributed by atoms with Crippen molar-refractivity contribution in [2.45, 2.75) is 18.9 Å². The van der Waals surface area contributed by atoms with E-state index in [1.807, 2.05) is 30.0 Å². The molecule has 2 aromatic heterocycles. The summed E-state index contributed by atoms with van der Waals surface area (Å²) in [5, 5.41) is 11.1. The summed E-state index contributed by atoms with van der Waals surface area (Å²) in [6, 6.07) is 2.22. The highest BCUT2D eigenvalue weighted by Crippen LogP contribution is 2.18. The zero-order valence-corrected chi connectivity index (χ0v) is 14.2. The van der Waals surface area contributed by atoms with Crippen molar-refractivity contribution in [2.75, 3.05) is 37.4 Å². The van der Waals surface area contributed by atoms with Crippen LogP contribution in [0.3, 0.4) is 0 Å². The first-order valence-corrected chi connectivity index (χ1v) is 7.94. The van der Waals surface area contributed by atoms with Gasteiger partial charge in [0.15, 0.2) is 5.69 Å². The highest BCUT2D eigenvalue weighted by atomic mass is 16.2. The first-order valence-electron chi connectivity index (χ1n) is 7.94. The van der Waals surface area contributed by atoms with Crippen LogP contribution in [0, 0.1) is 0 Å². The molecule has 24 heavy (non-hydrogen) atoms. The van der Waals surface area contributed by atoms with Crippen molar-refractivity contribution in [1.82, 2.24) is 29.9 Å². The van der Waals surface area contributed by atoms with Gasteiger partial charge in [0.05, 0.1) is 6.20 Å². The van der Waals surface area contributed by atoms with Crippen molar-refractivity contribution in [1.29, 1.82) is 0 Å². The maximum Gasteiger partial charge on any atom is 0.276 e. The number of amides is 1. The lowest BCUT2D eigenvalue weighted by Gasteiger charge is -2.32. The summed E-state index contributed by atoms with van der Waals surface area (Å²) in [6.07, 6.45) is 4.95. The van der Waals surface area contributed by atoms with Crippen LogP contribution in [0.5, 0.6) is 0 Å². The number of anilines is 2. The number of nitrogens with one attached hydrogen (secondary N) is 1. The average molecular weight is 330 g/mol. The molecule has 128 valence electrons. The predicted octanol–water partition coefficient (Wildman–Crippen LogP) is 0.388. The van der Waals surface area contributed by atoms with E-state index in [1.165, 1.54) is 0 Å². The van der Waals surface area contributed by atoms with Crippen molar-refractivity contribution in [3.05, 3.63) is 24.3 Å². The molecular weight excluding hydrogens is 308 g/mol. The molecule has 9 heteroatoms. The fourth-order valence-electron chi connectivity index (χ4n) is 2.71. The summed E-state index contributed by atoms with van der Waals surface area (Å²) >= 11 is 0. The van der Waals surface area contributed by atoms with Gasteiger partial charge in [0.2, 0.25) is 0 Å². The molecule has 1 amide bonds. The summed E-state index contributed by atoms with van der Waals surface area (Å²) in [6.45, 7) is 1.39. The number of aryl methyl sites for hydroxylation is 1. The average Bonchev–Trinajstić information content (AvgIpc) is 3.01. The second-order valence-corrected chi connectivity index (χ2v) is 6.14. The van der Waals surface area contributed by atoms with Gasteiger partial charge in [-0.3, -0.25) is 9.48 Å². The number of carbonyl (C=O) groups is 1. The van der Waals surface area contributed by atoms with Crippen molar-refractivity contribution in [3.8, 4) is 0 Å². The second kappa shape index (κ2) is 6.81. The molecule has 0 aromatic carbocycles. The Morgan fingerprint density at radius 1 is 1.29 bits per heavy atom. The Hall–Kier alpha value is -2.71. The van der Waals surface area contributed by atoms with Gasteiger partial charge < -0.3 is 15.1 Å². The maximum atomic E-state index is 12.4. The SMILES string of the molecule is CN(C)c1cc(NC2CCN(C(=O)c3cn(C)nn3)CC2)ncn1. The first kappa shape index (κ1) is 16.2. The highest BCUT2D eigenvalue weighted by molar-refractivity contribution is 5.92. The number of hydrogen-bond acceptors (Lipinski definition) is 7. The van der Waals surface area contributed by atoms with Gasteiger partial charge in [-0.2, -0.15) is 0 Å². The molecule has 2 aromatic rings. The van der Waals surface area contributed by atoms with Gasteiger partial charge in [0, 0.05) is 46.3 Å². The van der Waals surface area contributed by atoms with Gasteiger partial charge in [0.1, 0.15) is 18.0 Å². The molecule has 1 fully saturated rings. The number of hydrogen-bond donors (Lipinski definition) is 1. The van der Waals surface area contributed by atoms with Crippen molar-refractivity contribution in [2.24, 2.45) is 7.05 Å². The summed E-state index contributed by atoms with van der Waals surface area (Å²) in [5.74, 6) is 1.62. The third-order valence-electron chi connectivity index (χ3n) is 4.07. The molecule has 0 bridgehead atoms. The van der Waals surface area contributed by atoms with Crippen LogP contribution < -0.4 is 10.2 Å². The molecule has 3 rings (SSSR count). The zero-order valence-electron chi connectivity index (χ0n) is 14.2. The summed E-state index contributed by atoms with van der Waals surface area (Å²) < 4.78 is 1.54. The topological polar surface area (TPSA) is 92.1 Å². The molecule has 0 aliphatic carbocycles. The molecular formula is C15H22N8O. The molecule has 3 heterocycles. The number of likely N-dealkylation sites (tertiary alicyclic amines) is 1. The molecule has 1 saturated heterocycles. The third-order valence-corrected chi connectivity index (χ3v) is 4.07. The summed E-state index contributed by atoms with van der Waals surface area (Å²) in [7, 11) is 5.65. The van der Waals surface area contributed by atoms with Crippen LogP contribution in [0.2, 0.25) is 0 Å². The Morgan fingerprint density at radius 2 is 2.04 bits per heavy atom. The fourth-order valence-corrected chi connectivity index (χ4v) is 2.71. The monoisotopic (exact) mass is 330 g/mol. The summed E-state index contributed by atoms with van der Waals surface area (Å²) in [4.78, 5) is 24.6. The molecule has 1 aliphatic rings. The van der Waals surface area contributed by atoms with E-state index >= 15 is 0 Å². The molecule has 1 N–H and O–H groups in total. The van der Waals surface area contributed by atoms with E-state index in [1.54, 1.807) is 24.3 Å². The fraction of sp³-hybridized carbons (Fsp3) is 0.533. The minimum atomic E-state index is -0.0570. The Bertz CT molecular complexity index is 705. The lowest BCUT2D eigenvalue weighted by atomic mass is 10.0. The Balaban J connectivity index is 1.55. The van der Waals surface area contributed by atoms with Crippen LogP contribution in [0.1, 0.15) is 23.3 Å². The zero-order chi connectivity index (χ0) is 17.1. The minimum Gasteiger partial charge on any atom is -0.367 e. The predicted molar refractivity (Wildman–Crippen MR) is 89.9 cm³/mol. The van der Waals surface area contributed by atoms with E-state index in [-0.39, 0.29) is 5.91 Å². The normalized spacial score (nSPS) is 15.4. The largest absolute Gasteiger partial charge is 0.367 e. The second-order valence-electron chi connectivity index (χ2n) is 6.14. The van der Waals surface area contributed by atoms with Gasteiger partial charge in [-0.15, -0.1) is 5.10 Å². The lowest BCUT2D eigenvalue weighted by molar-refractivity contribution is 0.0712. The van der Waals surface area contributed by atoms with Gasteiger partial charge in [0.25, 0.3) is 5.91 Å². The number of piperidine rings is 1. The lowest BCUT2D eigenvalue weighted by Crippen LogP contribution is -2.42. The number of nitrogens with zero attached hydrogens (tertiary/aromatic N) is 7. The number of carbonyl (C=O) groups excluding carboxylic acids is 1. The molecule has 0 saturated carbocycles. The molecule has 1 aliphatic heterocycles. The van der Waals surface area contributed by atoms with Gasteiger partial charge >= 0.3 is 0 Å². The van der Waals surface area contributed by atoms with Crippen molar-refractivity contribution >= 4 is 17.5 Å². The molecule has 0 atom stereocenters. The van der Waals surface area contributed by atoms with Gasteiger partial charge in [-0.1, -0.05) is 5.21 Å². The number of rotatable bonds is 4. The Kier molecular flexibility index (Phi) is 4.59. The standard InChI is InChI=1S/C15H22N8O/c1-21(2)14-8-13(16-10-17-14)18-11-4-6-23(7-5-11)15(24)12-9-22(3)20-19-12/h8-11H,4-7H2,1-3H3,(H,16,17,18). The Morgan fingerprint density at radius 3 is 2.67 bits per heavy atom. The van der Waals surface area contributed by atoms with Crippen LogP contribution in [-0.4, -0.2) is 69.0 Å². The van der Waals surface area contributed by atoms with Gasteiger partial charge in [-0.05, 0) is 12.8 Å². The van der Waals surface area contributed by atoms with Crippen LogP contribution in [0.4, 0.5) is 11.6 Å². The van der Waals surface area contributed by atoms with Gasteiger partial charge in [-0.25, -0.2) is 9.97 Å². The maximum absolute atomic E-state index is 12.4. The first-order chi connectivity index (χ1) is 11.5. The smallest absolute Gasteiger partial charge is 0.276 e. The van der Waals surface area contributed by atoms with E-state index in [9.17, 15) is 4.79 Å². The summed E-state index contributed by atoms with van der Waals surface area (Å²) in [5.41, 5.74) is 0.398. The number of aromatic nitrogens is 5. The van der Waals surface area contributed by atoms with E-state index in [0.717, 1.165) is 24.5 Å². The molecule has 0 spiro atoms. The molecule has 0 radical (unpaired) electrons. The van der Waals surface area contributed by atoms with E-state index in [0.29, 0.717) is 24.8 Å². The van der Waals surface area contributed by atoms with E-state index in [2.05, 4.69) is 25.6 Å². The van der Waals surface area contributed by atoms with E-state index in [4.69, 9.17) is 0 Å². The van der Waals surface area contributed by atoms with E-state index < -0.39 is 0 Å². The Labute approximate surface area is 140 Å². The third kappa shape index (κ3) is 3.61. The van der Waals surface area contributed by atoms with Crippen LogP contribution in [0.15, 0.2) is 18.6 Å². The van der Waals surface area contributed by atoms with Crippen LogP contribution in [0.25, 0.3) is 0 Å². The van der Waals surface area contributed by atoms with Crippen molar-refractivity contribution in [3.63, 3.8) is 0 Å². The highest BCUT2D eigenvalue weighted by Gasteiger charge is 2.25. The molecule has 9 nitrogen and oxygen atoms in total. The van der Waals surface area contributed by atoms with Crippen LogP contribution >= 0.6 is 0 Å². The quantitative estimate of drug-likeness (QED) is 0.867. The van der Waals surface area contributed by atoms with Crippen LogP contribution in [-0.2, 0) is 7.05 Å². The molecule has 0 unspecified atom stereocenters.